The lowest BCUT2D eigenvalue weighted by atomic mass is 10.1. The summed E-state index contributed by atoms with van der Waals surface area (Å²) in [5.41, 5.74) is 4.60. The van der Waals surface area contributed by atoms with Crippen LogP contribution in [0.4, 0.5) is 11.6 Å². The van der Waals surface area contributed by atoms with Crippen LogP contribution in [0.2, 0.25) is 0 Å². The molecule has 32 heavy (non-hydrogen) atoms. The largest absolute Gasteiger partial charge is 0.496 e. The molecule has 2 aromatic heterocycles. The minimum atomic E-state index is -0.152. The summed E-state index contributed by atoms with van der Waals surface area (Å²) < 4.78 is 13.2. The molecule has 162 valence electrons. The SMILES string of the molecule is COc1ccccc1-c1ccc2cnc(Nc3cccc(C4CN(C=O)CCO4)c3)nn12. The third-order valence-electron chi connectivity index (χ3n) is 5.54. The van der Waals surface area contributed by atoms with Crippen LogP contribution in [0.25, 0.3) is 16.8 Å². The van der Waals surface area contributed by atoms with Crippen molar-refractivity contribution >= 4 is 23.6 Å². The van der Waals surface area contributed by atoms with Gasteiger partial charge >= 0.3 is 0 Å². The number of anilines is 2. The molecule has 1 atom stereocenters. The summed E-state index contributed by atoms with van der Waals surface area (Å²) in [4.78, 5) is 17.3. The Hall–Kier alpha value is -3.91. The van der Waals surface area contributed by atoms with Crippen LogP contribution in [0.15, 0.2) is 66.9 Å². The molecule has 3 heterocycles. The molecule has 8 nitrogen and oxygen atoms in total. The Labute approximate surface area is 185 Å². The number of ether oxygens (including phenoxy) is 2. The van der Waals surface area contributed by atoms with Crippen LogP contribution in [0.1, 0.15) is 11.7 Å². The Morgan fingerprint density at radius 1 is 1.16 bits per heavy atom. The summed E-state index contributed by atoms with van der Waals surface area (Å²) >= 11 is 0. The second-order valence-electron chi connectivity index (χ2n) is 7.55. The molecule has 0 aliphatic carbocycles. The van der Waals surface area contributed by atoms with Crippen molar-refractivity contribution in [2.24, 2.45) is 0 Å². The van der Waals surface area contributed by atoms with Crippen molar-refractivity contribution in [3.05, 3.63) is 72.4 Å². The van der Waals surface area contributed by atoms with E-state index in [0.29, 0.717) is 25.6 Å². The monoisotopic (exact) mass is 429 g/mol. The molecular weight excluding hydrogens is 406 g/mol. The summed E-state index contributed by atoms with van der Waals surface area (Å²) in [5.74, 6) is 1.26. The number of morpholine rings is 1. The van der Waals surface area contributed by atoms with Crippen LogP contribution in [-0.4, -0.2) is 52.7 Å². The van der Waals surface area contributed by atoms with E-state index in [4.69, 9.17) is 14.6 Å². The highest BCUT2D eigenvalue weighted by Crippen LogP contribution is 2.31. The van der Waals surface area contributed by atoms with E-state index in [1.807, 2.05) is 65.2 Å². The van der Waals surface area contributed by atoms with E-state index in [2.05, 4.69) is 10.3 Å². The van der Waals surface area contributed by atoms with Crippen molar-refractivity contribution in [2.45, 2.75) is 6.10 Å². The highest BCUT2D eigenvalue weighted by atomic mass is 16.5. The molecule has 5 rings (SSSR count). The first-order chi connectivity index (χ1) is 15.7. The van der Waals surface area contributed by atoms with E-state index in [0.717, 1.165) is 40.2 Å². The van der Waals surface area contributed by atoms with Gasteiger partial charge in [-0.25, -0.2) is 9.50 Å². The molecule has 0 bridgehead atoms. The second-order valence-corrected chi connectivity index (χ2v) is 7.55. The van der Waals surface area contributed by atoms with Gasteiger partial charge in [0.05, 0.1) is 37.7 Å². The van der Waals surface area contributed by atoms with Crippen LogP contribution in [0.3, 0.4) is 0 Å². The number of fused-ring (bicyclic) bond motifs is 1. The Kier molecular flexibility index (Phi) is 5.43. The lowest BCUT2D eigenvalue weighted by molar-refractivity contribution is -0.125. The van der Waals surface area contributed by atoms with E-state index in [1.165, 1.54) is 0 Å². The van der Waals surface area contributed by atoms with Gasteiger partial charge in [-0.1, -0.05) is 24.3 Å². The summed E-state index contributed by atoms with van der Waals surface area (Å²) in [6, 6.07) is 19.7. The highest BCUT2D eigenvalue weighted by Gasteiger charge is 2.21. The topological polar surface area (TPSA) is 81.0 Å². The predicted molar refractivity (Wildman–Crippen MR) is 121 cm³/mol. The van der Waals surface area contributed by atoms with E-state index in [1.54, 1.807) is 18.2 Å². The molecule has 1 unspecified atom stereocenters. The molecule has 1 saturated heterocycles. The third-order valence-corrected chi connectivity index (χ3v) is 5.54. The maximum absolute atomic E-state index is 11.1. The second kappa shape index (κ2) is 8.68. The molecule has 1 amide bonds. The lowest BCUT2D eigenvalue weighted by Crippen LogP contribution is -2.37. The quantitative estimate of drug-likeness (QED) is 0.471. The summed E-state index contributed by atoms with van der Waals surface area (Å²) in [7, 11) is 1.66. The molecule has 4 aromatic rings. The number of methoxy groups -OCH3 is 1. The fourth-order valence-electron chi connectivity index (χ4n) is 3.93. The Balaban J connectivity index is 1.43. The lowest BCUT2D eigenvalue weighted by Gasteiger charge is -2.30. The maximum atomic E-state index is 11.1. The number of para-hydroxylation sites is 1. The molecule has 1 aliphatic heterocycles. The maximum Gasteiger partial charge on any atom is 0.245 e. The number of carbonyl (C=O) groups excluding carboxylic acids is 1. The van der Waals surface area contributed by atoms with E-state index in [-0.39, 0.29) is 6.10 Å². The number of carbonyl (C=O) groups is 1. The minimum Gasteiger partial charge on any atom is -0.496 e. The van der Waals surface area contributed by atoms with Crippen LogP contribution in [0, 0.1) is 0 Å². The molecule has 1 fully saturated rings. The molecular formula is C24H23N5O3. The van der Waals surface area contributed by atoms with Crippen LogP contribution >= 0.6 is 0 Å². The third kappa shape index (κ3) is 3.88. The van der Waals surface area contributed by atoms with Gasteiger partial charge in [-0.2, -0.15) is 0 Å². The van der Waals surface area contributed by atoms with Crippen molar-refractivity contribution < 1.29 is 14.3 Å². The molecule has 0 radical (unpaired) electrons. The summed E-state index contributed by atoms with van der Waals surface area (Å²) in [5, 5.41) is 7.99. The highest BCUT2D eigenvalue weighted by molar-refractivity contribution is 5.72. The fourth-order valence-corrected chi connectivity index (χ4v) is 3.93. The number of hydrogen-bond donors (Lipinski definition) is 1. The zero-order valence-corrected chi connectivity index (χ0v) is 17.6. The Morgan fingerprint density at radius 2 is 2.06 bits per heavy atom. The van der Waals surface area contributed by atoms with E-state index < -0.39 is 0 Å². The van der Waals surface area contributed by atoms with Gasteiger partial charge in [0.25, 0.3) is 0 Å². The summed E-state index contributed by atoms with van der Waals surface area (Å²) in [6.45, 7) is 1.69. The average Bonchev–Trinajstić information content (AvgIpc) is 3.27. The summed E-state index contributed by atoms with van der Waals surface area (Å²) in [6.07, 6.45) is 2.50. The molecule has 1 aliphatic rings. The van der Waals surface area contributed by atoms with Gasteiger partial charge in [0.1, 0.15) is 11.9 Å². The molecule has 2 aromatic carbocycles. The van der Waals surface area contributed by atoms with Gasteiger partial charge in [-0.05, 0) is 42.0 Å². The van der Waals surface area contributed by atoms with Crippen LogP contribution in [-0.2, 0) is 9.53 Å². The predicted octanol–water partition coefficient (Wildman–Crippen LogP) is 3.68. The normalized spacial score (nSPS) is 16.2. The number of amides is 1. The number of aromatic nitrogens is 3. The molecule has 0 spiro atoms. The Bertz CT molecular complexity index is 1260. The number of nitrogens with one attached hydrogen (secondary N) is 1. The first-order valence-corrected chi connectivity index (χ1v) is 10.4. The van der Waals surface area contributed by atoms with Gasteiger partial charge in [0.15, 0.2) is 0 Å². The van der Waals surface area contributed by atoms with Crippen LogP contribution < -0.4 is 10.1 Å². The number of nitrogens with zero attached hydrogens (tertiary/aromatic N) is 4. The van der Waals surface area contributed by atoms with Gasteiger partial charge < -0.3 is 19.7 Å². The van der Waals surface area contributed by atoms with Gasteiger partial charge in [-0.15, -0.1) is 5.10 Å². The fraction of sp³-hybridized carbons (Fsp3) is 0.208. The number of hydrogen-bond acceptors (Lipinski definition) is 6. The standard InChI is InChI=1S/C24H23N5O3/c1-31-22-8-3-2-7-20(22)21-10-9-19-14-25-24(27-29(19)21)26-18-6-4-5-17(13-18)23-15-28(16-30)11-12-32-23/h2-10,13-14,16,23H,11-12,15H2,1H3,(H,26,27). The Morgan fingerprint density at radius 3 is 2.94 bits per heavy atom. The first-order valence-electron chi connectivity index (χ1n) is 10.4. The van der Waals surface area contributed by atoms with Crippen molar-refractivity contribution in [3.8, 4) is 17.0 Å². The van der Waals surface area contributed by atoms with Gasteiger partial charge in [0.2, 0.25) is 12.4 Å². The number of benzene rings is 2. The first kappa shape index (κ1) is 20.0. The van der Waals surface area contributed by atoms with E-state index in [9.17, 15) is 4.79 Å². The average molecular weight is 429 g/mol. The zero-order valence-electron chi connectivity index (χ0n) is 17.6. The van der Waals surface area contributed by atoms with E-state index >= 15 is 0 Å². The molecule has 8 heteroatoms. The van der Waals surface area contributed by atoms with Gasteiger partial charge in [-0.3, -0.25) is 4.79 Å². The number of rotatable bonds is 6. The molecule has 0 saturated carbocycles. The smallest absolute Gasteiger partial charge is 0.245 e. The van der Waals surface area contributed by atoms with Crippen molar-refractivity contribution in [1.82, 2.24) is 19.5 Å². The van der Waals surface area contributed by atoms with Crippen molar-refractivity contribution in [2.75, 3.05) is 32.1 Å². The minimum absolute atomic E-state index is 0.152. The van der Waals surface area contributed by atoms with Crippen molar-refractivity contribution in [3.63, 3.8) is 0 Å². The van der Waals surface area contributed by atoms with Crippen LogP contribution in [0.5, 0.6) is 5.75 Å². The molecule has 1 N–H and O–H groups in total. The van der Waals surface area contributed by atoms with Crippen molar-refractivity contribution in [1.29, 1.82) is 0 Å². The zero-order chi connectivity index (χ0) is 21.9. The van der Waals surface area contributed by atoms with Gasteiger partial charge in [0, 0.05) is 17.8 Å².